The molecule has 1 fully saturated rings. The van der Waals surface area contributed by atoms with Gasteiger partial charge in [-0.25, -0.2) is 0 Å². The highest BCUT2D eigenvalue weighted by Gasteiger charge is 2.12. The predicted molar refractivity (Wildman–Crippen MR) is 118 cm³/mol. The summed E-state index contributed by atoms with van der Waals surface area (Å²) in [7, 11) is 1.82. The average Bonchev–Trinajstić information content (AvgIpc) is 3.17. The number of rotatable bonds is 11. The number of aliphatic imine (C=N–C) groups is 1. The molecule has 0 amide bonds. The van der Waals surface area contributed by atoms with Crippen molar-refractivity contribution in [2.24, 2.45) is 4.99 Å². The van der Waals surface area contributed by atoms with E-state index < -0.39 is 0 Å². The first kappa shape index (κ1) is 23.2. The molecule has 0 aromatic carbocycles. The lowest BCUT2D eigenvalue weighted by Gasteiger charge is -2.21. The second-order valence-corrected chi connectivity index (χ2v) is 6.74. The van der Waals surface area contributed by atoms with Gasteiger partial charge in [-0.05, 0) is 44.6 Å². The monoisotopic (exact) mass is 477 g/mol. The van der Waals surface area contributed by atoms with Crippen LogP contribution in [-0.4, -0.2) is 48.6 Å². The molecule has 150 valence electrons. The third kappa shape index (κ3) is 10.4. The number of hydrogen-bond acceptors (Lipinski definition) is 3. The molecular formula is C19H36IN5O. The Labute approximate surface area is 175 Å². The zero-order valence-corrected chi connectivity index (χ0v) is 18.5. The van der Waals surface area contributed by atoms with Crippen LogP contribution in [0.25, 0.3) is 0 Å². The highest BCUT2D eigenvalue weighted by Crippen LogP contribution is 2.20. The molecule has 0 spiro atoms. The Morgan fingerprint density at radius 2 is 1.88 bits per heavy atom. The van der Waals surface area contributed by atoms with Crippen LogP contribution in [0.4, 0.5) is 0 Å². The number of hydrogen-bond donors (Lipinski definition) is 2. The minimum atomic E-state index is 0. The third-order valence-electron chi connectivity index (χ3n) is 4.66. The topological polar surface area (TPSA) is 63.5 Å². The maximum atomic E-state index is 5.96. The van der Waals surface area contributed by atoms with Crippen molar-refractivity contribution in [1.29, 1.82) is 0 Å². The van der Waals surface area contributed by atoms with E-state index in [1.165, 1.54) is 38.5 Å². The second kappa shape index (κ2) is 15.2. The number of ether oxygens (including phenoxy) is 1. The first-order valence-corrected chi connectivity index (χ1v) is 9.92. The molecule has 1 aliphatic carbocycles. The summed E-state index contributed by atoms with van der Waals surface area (Å²) in [5.74, 6) is 0.888. The molecule has 0 unspecified atom stereocenters. The van der Waals surface area contributed by atoms with Crippen LogP contribution >= 0.6 is 24.0 Å². The summed E-state index contributed by atoms with van der Waals surface area (Å²) in [5, 5.41) is 10.9. The smallest absolute Gasteiger partial charge is 0.190 e. The summed E-state index contributed by atoms with van der Waals surface area (Å²) in [6, 6.07) is 1.95. The van der Waals surface area contributed by atoms with Gasteiger partial charge in [0, 0.05) is 45.7 Å². The van der Waals surface area contributed by atoms with Gasteiger partial charge in [0.05, 0.1) is 6.10 Å². The Hall–Kier alpha value is -0.830. The van der Waals surface area contributed by atoms with Crippen LogP contribution in [0.15, 0.2) is 23.5 Å². The van der Waals surface area contributed by atoms with Crippen molar-refractivity contribution in [3.8, 4) is 0 Å². The van der Waals surface area contributed by atoms with E-state index in [9.17, 15) is 0 Å². The first-order valence-electron chi connectivity index (χ1n) is 9.92. The quantitative estimate of drug-likeness (QED) is 0.221. The lowest BCUT2D eigenvalue weighted by Crippen LogP contribution is -2.38. The minimum Gasteiger partial charge on any atom is -0.378 e. The van der Waals surface area contributed by atoms with Gasteiger partial charge in [-0.15, -0.1) is 24.0 Å². The Morgan fingerprint density at radius 3 is 2.58 bits per heavy atom. The summed E-state index contributed by atoms with van der Waals surface area (Å²) in [6.45, 7) is 3.71. The van der Waals surface area contributed by atoms with Crippen LogP contribution in [-0.2, 0) is 11.3 Å². The molecule has 1 saturated carbocycles. The van der Waals surface area contributed by atoms with E-state index in [1.807, 2.05) is 30.2 Å². The molecule has 1 aromatic heterocycles. The van der Waals surface area contributed by atoms with Crippen molar-refractivity contribution in [3.05, 3.63) is 18.5 Å². The van der Waals surface area contributed by atoms with Gasteiger partial charge in [-0.1, -0.05) is 19.3 Å². The first-order chi connectivity index (χ1) is 12.4. The Morgan fingerprint density at radius 1 is 1.12 bits per heavy atom. The van der Waals surface area contributed by atoms with E-state index >= 15 is 0 Å². The fraction of sp³-hybridized carbons (Fsp3) is 0.789. The lowest BCUT2D eigenvalue weighted by molar-refractivity contribution is 0.0264. The average molecular weight is 477 g/mol. The Balaban J connectivity index is 0.00000338. The van der Waals surface area contributed by atoms with Gasteiger partial charge in [0.1, 0.15) is 0 Å². The molecule has 0 bridgehead atoms. The predicted octanol–water partition coefficient (Wildman–Crippen LogP) is 3.58. The van der Waals surface area contributed by atoms with Gasteiger partial charge in [0.2, 0.25) is 0 Å². The molecule has 0 aliphatic heterocycles. The van der Waals surface area contributed by atoms with Crippen molar-refractivity contribution in [1.82, 2.24) is 20.4 Å². The summed E-state index contributed by atoms with van der Waals surface area (Å²) in [4.78, 5) is 4.27. The summed E-state index contributed by atoms with van der Waals surface area (Å²) < 4.78 is 7.92. The van der Waals surface area contributed by atoms with Crippen molar-refractivity contribution >= 4 is 29.9 Å². The van der Waals surface area contributed by atoms with Gasteiger partial charge < -0.3 is 15.4 Å². The van der Waals surface area contributed by atoms with E-state index in [2.05, 4.69) is 20.7 Å². The second-order valence-electron chi connectivity index (χ2n) is 6.74. The van der Waals surface area contributed by atoms with Crippen LogP contribution in [0, 0.1) is 0 Å². The molecule has 26 heavy (non-hydrogen) atoms. The molecule has 0 radical (unpaired) electrons. The number of aryl methyl sites for hydroxylation is 1. The number of guanidine groups is 1. The van der Waals surface area contributed by atoms with Crippen LogP contribution in [0.2, 0.25) is 0 Å². The fourth-order valence-electron chi connectivity index (χ4n) is 3.19. The van der Waals surface area contributed by atoms with E-state index in [1.54, 1.807) is 0 Å². The SMILES string of the molecule is CN=C(NCCCCCOC1CCCCC1)NCCCn1cccn1.I. The van der Waals surface area contributed by atoms with Crippen LogP contribution in [0.1, 0.15) is 57.8 Å². The van der Waals surface area contributed by atoms with Crippen molar-refractivity contribution in [2.75, 3.05) is 26.7 Å². The van der Waals surface area contributed by atoms with Crippen molar-refractivity contribution < 1.29 is 4.74 Å². The minimum absolute atomic E-state index is 0. The number of unbranched alkanes of at least 4 members (excludes halogenated alkanes) is 2. The molecule has 6 nitrogen and oxygen atoms in total. The highest BCUT2D eigenvalue weighted by atomic mass is 127. The number of halogens is 1. The zero-order chi connectivity index (χ0) is 17.6. The normalized spacial score (nSPS) is 15.5. The number of nitrogens with zero attached hydrogens (tertiary/aromatic N) is 3. The molecule has 7 heteroatoms. The Kier molecular flexibility index (Phi) is 13.6. The fourth-order valence-corrected chi connectivity index (χ4v) is 3.19. The standard InChI is InChI=1S/C19H35N5O.HI/c1-20-19(22-13-8-15-24-16-9-14-23-24)21-12-6-3-7-17-25-18-10-4-2-5-11-18;/h9,14,16,18H,2-8,10-13,15,17H2,1H3,(H2,20,21,22);1H. The van der Waals surface area contributed by atoms with Crippen molar-refractivity contribution in [2.45, 2.75) is 70.4 Å². The summed E-state index contributed by atoms with van der Waals surface area (Å²) >= 11 is 0. The van der Waals surface area contributed by atoms with Gasteiger partial charge >= 0.3 is 0 Å². The molecule has 1 aliphatic rings. The van der Waals surface area contributed by atoms with Crippen LogP contribution < -0.4 is 10.6 Å². The maximum Gasteiger partial charge on any atom is 0.190 e. The number of aromatic nitrogens is 2. The molecule has 2 rings (SSSR count). The molecule has 2 N–H and O–H groups in total. The van der Waals surface area contributed by atoms with Crippen LogP contribution in [0.5, 0.6) is 0 Å². The van der Waals surface area contributed by atoms with E-state index in [4.69, 9.17) is 4.74 Å². The Bertz CT molecular complexity index is 461. The van der Waals surface area contributed by atoms with Crippen molar-refractivity contribution in [3.63, 3.8) is 0 Å². The van der Waals surface area contributed by atoms with E-state index in [0.29, 0.717) is 6.10 Å². The third-order valence-corrected chi connectivity index (χ3v) is 4.66. The molecule has 1 heterocycles. The molecule has 1 aromatic rings. The highest BCUT2D eigenvalue weighted by molar-refractivity contribution is 14.0. The largest absolute Gasteiger partial charge is 0.378 e. The zero-order valence-electron chi connectivity index (χ0n) is 16.2. The molecule has 0 atom stereocenters. The van der Waals surface area contributed by atoms with Gasteiger partial charge in [-0.3, -0.25) is 9.67 Å². The maximum absolute atomic E-state index is 5.96. The summed E-state index contributed by atoms with van der Waals surface area (Å²) in [6.07, 6.45) is 15.5. The molecule has 0 saturated heterocycles. The van der Waals surface area contributed by atoms with E-state index in [0.717, 1.165) is 51.5 Å². The number of nitrogens with one attached hydrogen (secondary N) is 2. The van der Waals surface area contributed by atoms with Gasteiger partial charge in [-0.2, -0.15) is 5.10 Å². The van der Waals surface area contributed by atoms with Gasteiger partial charge in [0.25, 0.3) is 0 Å². The summed E-state index contributed by atoms with van der Waals surface area (Å²) in [5.41, 5.74) is 0. The van der Waals surface area contributed by atoms with Gasteiger partial charge in [0.15, 0.2) is 5.96 Å². The van der Waals surface area contributed by atoms with Crippen LogP contribution in [0.3, 0.4) is 0 Å². The van der Waals surface area contributed by atoms with E-state index in [-0.39, 0.29) is 24.0 Å². The molecular weight excluding hydrogens is 441 g/mol. The lowest BCUT2D eigenvalue weighted by atomic mass is 9.98.